The van der Waals surface area contributed by atoms with Crippen molar-refractivity contribution in [3.8, 4) is 0 Å². The number of hydrazine groups is 1. The summed E-state index contributed by atoms with van der Waals surface area (Å²) < 4.78 is 0. The second-order valence-electron chi connectivity index (χ2n) is 3.79. The summed E-state index contributed by atoms with van der Waals surface area (Å²) in [6.07, 6.45) is 1.52. The number of carbonyl (C=O) groups is 1. The Morgan fingerprint density at radius 2 is 2.28 bits per heavy atom. The number of aromatic nitrogens is 1. The van der Waals surface area contributed by atoms with E-state index in [-0.39, 0.29) is 5.91 Å². The van der Waals surface area contributed by atoms with E-state index in [9.17, 15) is 4.79 Å². The minimum atomic E-state index is -0.189. The molecule has 0 fully saturated rings. The van der Waals surface area contributed by atoms with E-state index in [0.717, 1.165) is 4.88 Å². The number of anilines is 1. The molecule has 2 heterocycles. The molecule has 0 bridgehead atoms. The fraction of sp³-hybridized carbons (Fsp3) is 0.167. The molecular formula is C12H14N4OS. The lowest BCUT2D eigenvalue weighted by Gasteiger charge is -2.05. The molecule has 0 aliphatic carbocycles. The molecule has 0 radical (unpaired) electrons. The van der Waals surface area contributed by atoms with Crippen LogP contribution in [0.25, 0.3) is 0 Å². The predicted octanol–water partition coefficient (Wildman–Crippen LogP) is 1.67. The molecule has 6 heteroatoms. The molecule has 1 amide bonds. The Bertz CT molecular complexity index is 535. The number of nitrogens with two attached hydrogens (primary N) is 1. The number of rotatable bonds is 4. The van der Waals surface area contributed by atoms with Crippen molar-refractivity contribution >= 4 is 22.9 Å². The largest absolute Gasteiger partial charge is 0.346 e. The second kappa shape index (κ2) is 5.61. The van der Waals surface area contributed by atoms with Crippen molar-refractivity contribution in [2.24, 2.45) is 5.84 Å². The molecule has 0 aliphatic heterocycles. The lowest BCUT2D eigenvalue weighted by Crippen LogP contribution is -2.23. The van der Waals surface area contributed by atoms with E-state index in [1.807, 2.05) is 18.4 Å². The predicted molar refractivity (Wildman–Crippen MR) is 72.3 cm³/mol. The van der Waals surface area contributed by atoms with Gasteiger partial charge in [0.25, 0.3) is 5.91 Å². The van der Waals surface area contributed by atoms with Gasteiger partial charge in [0, 0.05) is 4.88 Å². The van der Waals surface area contributed by atoms with E-state index in [1.165, 1.54) is 11.8 Å². The smallest absolute Gasteiger partial charge is 0.270 e. The van der Waals surface area contributed by atoms with Gasteiger partial charge in [-0.25, -0.2) is 4.98 Å². The Labute approximate surface area is 109 Å². The van der Waals surface area contributed by atoms with Gasteiger partial charge in [0.2, 0.25) is 0 Å². The summed E-state index contributed by atoms with van der Waals surface area (Å²) in [5, 5.41) is 4.85. The molecule has 0 unspecified atom stereocenters. The van der Waals surface area contributed by atoms with Crippen molar-refractivity contribution in [2.45, 2.75) is 13.5 Å². The molecule has 94 valence electrons. The van der Waals surface area contributed by atoms with Crippen LogP contribution in [0.5, 0.6) is 0 Å². The van der Waals surface area contributed by atoms with E-state index in [0.29, 0.717) is 17.9 Å². The van der Waals surface area contributed by atoms with Gasteiger partial charge in [0.05, 0.1) is 18.4 Å². The maximum absolute atomic E-state index is 11.8. The highest BCUT2D eigenvalue weighted by molar-refractivity contribution is 7.10. The van der Waals surface area contributed by atoms with Crippen LogP contribution < -0.4 is 16.6 Å². The van der Waals surface area contributed by atoms with Crippen LogP contribution in [-0.4, -0.2) is 10.9 Å². The van der Waals surface area contributed by atoms with Crippen LogP contribution in [0.3, 0.4) is 0 Å². The van der Waals surface area contributed by atoms with Crippen LogP contribution in [-0.2, 0) is 6.54 Å². The molecule has 5 nitrogen and oxygen atoms in total. The fourth-order valence-electron chi connectivity index (χ4n) is 1.45. The monoisotopic (exact) mass is 262 g/mol. The number of nitrogens with one attached hydrogen (secondary N) is 2. The number of nitrogen functional groups attached to an aromatic ring is 1. The molecule has 18 heavy (non-hydrogen) atoms. The summed E-state index contributed by atoms with van der Waals surface area (Å²) in [6.45, 7) is 2.55. The van der Waals surface area contributed by atoms with Gasteiger partial charge < -0.3 is 10.7 Å². The van der Waals surface area contributed by atoms with Crippen LogP contribution in [0.4, 0.5) is 5.69 Å². The summed E-state index contributed by atoms with van der Waals surface area (Å²) >= 11 is 1.63. The number of hydrogen-bond acceptors (Lipinski definition) is 5. The number of carbonyl (C=O) groups excluding carboxylic acids is 1. The van der Waals surface area contributed by atoms with Crippen LogP contribution in [0.15, 0.2) is 29.8 Å². The first-order chi connectivity index (χ1) is 8.70. The first-order valence-corrected chi connectivity index (χ1v) is 6.32. The summed E-state index contributed by atoms with van der Waals surface area (Å²) in [4.78, 5) is 17.0. The fourth-order valence-corrected chi connectivity index (χ4v) is 2.30. The maximum Gasteiger partial charge on any atom is 0.270 e. The molecule has 4 N–H and O–H groups in total. The Morgan fingerprint density at radius 1 is 1.44 bits per heavy atom. The van der Waals surface area contributed by atoms with Crippen LogP contribution in [0.2, 0.25) is 0 Å². The van der Waals surface area contributed by atoms with Crippen LogP contribution >= 0.6 is 11.3 Å². The van der Waals surface area contributed by atoms with Gasteiger partial charge in [0.15, 0.2) is 0 Å². The Balaban J connectivity index is 1.97. The zero-order valence-corrected chi connectivity index (χ0v) is 10.8. The first-order valence-electron chi connectivity index (χ1n) is 5.44. The van der Waals surface area contributed by atoms with Gasteiger partial charge in [0.1, 0.15) is 5.69 Å². The normalized spacial score (nSPS) is 10.1. The van der Waals surface area contributed by atoms with Crippen molar-refractivity contribution in [3.05, 3.63) is 45.9 Å². The molecule has 2 rings (SSSR count). The zero-order chi connectivity index (χ0) is 13.0. The Morgan fingerprint density at radius 3 is 2.83 bits per heavy atom. The van der Waals surface area contributed by atoms with E-state index < -0.39 is 0 Å². The SMILES string of the molecule is Cc1ccsc1CNC(=O)c1ccc(NN)cn1. The number of thiophene rings is 1. The van der Waals surface area contributed by atoms with Gasteiger partial charge in [-0.15, -0.1) is 11.3 Å². The van der Waals surface area contributed by atoms with Crippen molar-refractivity contribution in [1.29, 1.82) is 0 Å². The minimum absolute atomic E-state index is 0.189. The third-order valence-electron chi connectivity index (χ3n) is 2.54. The average molecular weight is 262 g/mol. The molecule has 0 atom stereocenters. The average Bonchev–Trinajstić information content (AvgIpc) is 2.81. The molecule has 0 saturated heterocycles. The summed E-state index contributed by atoms with van der Waals surface area (Å²) in [5.41, 5.74) is 4.70. The molecular weight excluding hydrogens is 248 g/mol. The molecule has 2 aromatic rings. The summed E-state index contributed by atoms with van der Waals surface area (Å²) in [5.74, 6) is 5.04. The second-order valence-corrected chi connectivity index (χ2v) is 4.79. The number of amides is 1. The van der Waals surface area contributed by atoms with E-state index in [1.54, 1.807) is 23.5 Å². The van der Waals surface area contributed by atoms with Gasteiger partial charge in [-0.05, 0) is 36.1 Å². The van der Waals surface area contributed by atoms with E-state index >= 15 is 0 Å². The highest BCUT2D eigenvalue weighted by Gasteiger charge is 2.07. The first kappa shape index (κ1) is 12.5. The number of aryl methyl sites for hydroxylation is 1. The van der Waals surface area contributed by atoms with E-state index in [4.69, 9.17) is 5.84 Å². The summed E-state index contributed by atoms with van der Waals surface area (Å²) in [7, 11) is 0. The van der Waals surface area contributed by atoms with Crippen molar-refractivity contribution in [2.75, 3.05) is 5.43 Å². The Hall–Kier alpha value is -1.92. The molecule has 0 aliphatic rings. The lowest BCUT2D eigenvalue weighted by atomic mass is 10.3. The lowest BCUT2D eigenvalue weighted by molar-refractivity contribution is 0.0946. The third-order valence-corrected chi connectivity index (χ3v) is 3.56. The zero-order valence-electron chi connectivity index (χ0n) is 9.93. The highest BCUT2D eigenvalue weighted by Crippen LogP contribution is 2.15. The van der Waals surface area contributed by atoms with Crippen molar-refractivity contribution in [3.63, 3.8) is 0 Å². The van der Waals surface area contributed by atoms with Crippen molar-refractivity contribution in [1.82, 2.24) is 10.3 Å². The molecule has 0 saturated carbocycles. The van der Waals surface area contributed by atoms with Crippen molar-refractivity contribution < 1.29 is 4.79 Å². The minimum Gasteiger partial charge on any atom is -0.346 e. The van der Waals surface area contributed by atoms with Gasteiger partial charge in [-0.2, -0.15) is 0 Å². The highest BCUT2D eigenvalue weighted by atomic mass is 32.1. The third kappa shape index (κ3) is 2.85. The van der Waals surface area contributed by atoms with Gasteiger partial charge in [-0.1, -0.05) is 0 Å². The molecule has 0 aromatic carbocycles. The van der Waals surface area contributed by atoms with Crippen LogP contribution in [0.1, 0.15) is 20.9 Å². The summed E-state index contributed by atoms with van der Waals surface area (Å²) in [6, 6.07) is 5.37. The van der Waals surface area contributed by atoms with Gasteiger partial charge in [-0.3, -0.25) is 10.6 Å². The maximum atomic E-state index is 11.8. The standard InChI is InChI=1S/C12H14N4OS/c1-8-4-5-18-11(8)7-15-12(17)10-3-2-9(16-13)6-14-10/h2-6,16H,7,13H2,1H3,(H,15,17). The van der Waals surface area contributed by atoms with E-state index in [2.05, 4.69) is 15.7 Å². The topological polar surface area (TPSA) is 80.0 Å². The quantitative estimate of drug-likeness (QED) is 0.578. The molecule has 0 spiro atoms. The number of hydrogen-bond donors (Lipinski definition) is 3. The van der Waals surface area contributed by atoms with Gasteiger partial charge >= 0.3 is 0 Å². The Kier molecular flexibility index (Phi) is 3.91. The number of nitrogens with zero attached hydrogens (tertiary/aromatic N) is 1. The molecule has 2 aromatic heterocycles. The number of pyridine rings is 1. The van der Waals surface area contributed by atoms with Crippen LogP contribution in [0, 0.1) is 6.92 Å².